The van der Waals surface area contributed by atoms with Crippen LogP contribution in [0.5, 0.6) is 0 Å². The van der Waals surface area contributed by atoms with Gasteiger partial charge >= 0.3 is 0 Å². The molecule has 0 bridgehead atoms. The third kappa shape index (κ3) is 4.51. The van der Waals surface area contributed by atoms with Crippen molar-refractivity contribution < 1.29 is 25.2 Å². The van der Waals surface area contributed by atoms with Crippen LogP contribution >= 0.6 is 12.2 Å². The lowest BCUT2D eigenvalue weighted by molar-refractivity contribution is -0.232. The van der Waals surface area contributed by atoms with Gasteiger partial charge in [0.25, 0.3) is 0 Å². The van der Waals surface area contributed by atoms with Crippen molar-refractivity contribution in [2.75, 3.05) is 13.2 Å². The summed E-state index contributed by atoms with van der Waals surface area (Å²) in [6.07, 6.45) is -4.02. The summed E-state index contributed by atoms with van der Waals surface area (Å²) in [4.78, 5) is 0. The van der Waals surface area contributed by atoms with Gasteiger partial charge in [-0.25, -0.2) is 0 Å². The van der Waals surface area contributed by atoms with Crippen molar-refractivity contribution >= 4 is 17.3 Å². The fraction of sp³-hybridized carbons (Fsp3) is 0.909. The van der Waals surface area contributed by atoms with Crippen molar-refractivity contribution in [3.63, 3.8) is 0 Å². The average Bonchev–Trinajstić information content (AvgIpc) is 2.39. The van der Waals surface area contributed by atoms with E-state index < -0.39 is 37.3 Å². The molecule has 0 aromatic heterocycles. The van der Waals surface area contributed by atoms with Crippen LogP contribution < -0.4 is 10.6 Å². The van der Waals surface area contributed by atoms with E-state index in [2.05, 4.69) is 17.6 Å². The Morgan fingerprint density at radius 1 is 1.21 bits per heavy atom. The first-order chi connectivity index (χ1) is 9.01. The molecule has 5 atom stereocenters. The first-order valence-electron chi connectivity index (χ1n) is 6.36. The first kappa shape index (κ1) is 16.5. The maximum absolute atomic E-state index is 9.78. The molecule has 0 saturated carbocycles. The second-order valence-corrected chi connectivity index (χ2v) is 4.91. The van der Waals surface area contributed by atoms with Crippen LogP contribution in [-0.2, 0) is 4.74 Å². The van der Waals surface area contributed by atoms with E-state index in [1.165, 1.54) is 0 Å². The molecule has 1 aliphatic heterocycles. The second-order valence-electron chi connectivity index (χ2n) is 4.50. The summed E-state index contributed by atoms with van der Waals surface area (Å²) in [6, 6.07) is 0. The Bertz CT molecular complexity index is 292. The molecule has 0 amide bonds. The zero-order valence-electron chi connectivity index (χ0n) is 10.8. The van der Waals surface area contributed by atoms with Gasteiger partial charge in [0, 0.05) is 6.54 Å². The second kappa shape index (κ2) is 7.93. The topological polar surface area (TPSA) is 114 Å². The molecular weight excluding hydrogens is 272 g/mol. The number of aliphatic hydroxyl groups excluding tert-OH is 4. The smallest absolute Gasteiger partial charge is 0.168 e. The van der Waals surface area contributed by atoms with E-state index in [1.807, 2.05) is 0 Å². The van der Waals surface area contributed by atoms with E-state index in [9.17, 15) is 15.3 Å². The van der Waals surface area contributed by atoms with Crippen molar-refractivity contribution in [1.82, 2.24) is 10.6 Å². The summed E-state index contributed by atoms with van der Waals surface area (Å²) in [5, 5.41) is 44.0. The van der Waals surface area contributed by atoms with E-state index >= 15 is 0 Å². The van der Waals surface area contributed by atoms with Gasteiger partial charge in [0.2, 0.25) is 0 Å². The Morgan fingerprint density at radius 3 is 2.47 bits per heavy atom. The summed E-state index contributed by atoms with van der Waals surface area (Å²) in [6.45, 7) is 2.29. The molecule has 1 heterocycles. The van der Waals surface area contributed by atoms with Gasteiger partial charge in [0.05, 0.1) is 6.61 Å². The molecule has 0 unspecified atom stereocenters. The number of rotatable bonds is 5. The molecule has 0 aliphatic carbocycles. The van der Waals surface area contributed by atoms with Crippen LogP contribution in [0.15, 0.2) is 0 Å². The van der Waals surface area contributed by atoms with Crippen molar-refractivity contribution in [2.45, 2.75) is 50.4 Å². The summed E-state index contributed by atoms with van der Waals surface area (Å²) < 4.78 is 5.26. The minimum atomic E-state index is -1.40. The number of thiocarbonyl (C=S) groups is 1. The Morgan fingerprint density at radius 2 is 1.89 bits per heavy atom. The van der Waals surface area contributed by atoms with Gasteiger partial charge in [0.1, 0.15) is 24.4 Å². The normalized spacial score (nSPS) is 34.9. The molecule has 1 fully saturated rings. The summed E-state index contributed by atoms with van der Waals surface area (Å²) in [5.74, 6) is 0. The fourth-order valence-electron chi connectivity index (χ4n) is 1.78. The van der Waals surface area contributed by atoms with Crippen LogP contribution in [0, 0.1) is 0 Å². The third-order valence-electron chi connectivity index (χ3n) is 2.98. The molecule has 0 spiro atoms. The standard InChI is InChI=1S/C11H22N2O5S/c1-2-3-4-12-11(19)13-10-9(17)8(16)7(15)6(5-14)18-10/h6-10,14-17H,2-5H2,1H3,(H2,12,13,19)/t6-,7+,8+,9-,10+/m0/s1. The van der Waals surface area contributed by atoms with Crippen LogP contribution in [0.4, 0.5) is 0 Å². The van der Waals surface area contributed by atoms with Crippen molar-refractivity contribution in [3.8, 4) is 0 Å². The van der Waals surface area contributed by atoms with Crippen LogP contribution in [0.1, 0.15) is 19.8 Å². The summed E-state index contributed by atoms with van der Waals surface area (Å²) in [7, 11) is 0. The fourth-order valence-corrected chi connectivity index (χ4v) is 2.00. The quantitative estimate of drug-likeness (QED) is 0.256. The molecule has 112 valence electrons. The molecule has 8 heteroatoms. The lowest BCUT2D eigenvalue weighted by Gasteiger charge is -2.40. The van der Waals surface area contributed by atoms with Gasteiger partial charge < -0.3 is 35.8 Å². The maximum atomic E-state index is 9.78. The maximum Gasteiger partial charge on any atom is 0.168 e. The van der Waals surface area contributed by atoms with Crippen molar-refractivity contribution in [3.05, 3.63) is 0 Å². The Balaban J connectivity index is 2.49. The molecular formula is C11H22N2O5S. The molecule has 1 rings (SSSR count). The average molecular weight is 294 g/mol. The van der Waals surface area contributed by atoms with E-state index in [0.717, 1.165) is 12.8 Å². The van der Waals surface area contributed by atoms with Crippen LogP contribution in [0.3, 0.4) is 0 Å². The molecule has 0 aromatic carbocycles. The lowest BCUT2D eigenvalue weighted by atomic mass is 9.98. The highest BCUT2D eigenvalue weighted by Crippen LogP contribution is 2.19. The minimum absolute atomic E-state index is 0.290. The highest BCUT2D eigenvalue weighted by atomic mass is 32.1. The molecule has 7 nitrogen and oxygen atoms in total. The Labute approximate surface area is 117 Å². The molecule has 1 saturated heterocycles. The van der Waals surface area contributed by atoms with Gasteiger partial charge in [0.15, 0.2) is 11.3 Å². The molecule has 0 radical (unpaired) electrons. The molecule has 19 heavy (non-hydrogen) atoms. The number of aliphatic hydroxyl groups is 4. The molecule has 6 N–H and O–H groups in total. The van der Waals surface area contributed by atoms with Crippen LogP contribution in [-0.4, -0.2) is 69.3 Å². The SMILES string of the molecule is CCCCNC(=S)N[C@@H]1O[C@@H](CO)[C@@H](O)[C@@H](O)[C@@H]1O. The van der Waals surface area contributed by atoms with Crippen molar-refractivity contribution in [2.24, 2.45) is 0 Å². The van der Waals surface area contributed by atoms with E-state index in [4.69, 9.17) is 22.1 Å². The van der Waals surface area contributed by atoms with Gasteiger partial charge in [-0.1, -0.05) is 13.3 Å². The van der Waals surface area contributed by atoms with Crippen LogP contribution in [0.2, 0.25) is 0 Å². The number of hydrogen-bond donors (Lipinski definition) is 6. The molecule has 0 aromatic rings. The third-order valence-corrected chi connectivity index (χ3v) is 3.24. The first-order valence-corrected chi connectivity index (χ1v) is 6.77. The monoisotopic (exact) mass is 294 g/mol. The van der Waals surface area contributed by atoms with Crippen LogP contribution in [0.25, 0.3) is 0 Å². The van der Waals surface area contributed by atoms with Gasteiger partial charge in [-0.2, -0.15) is 0 Å². The molecule has 1 aliphatic rings. The highest BCUT2D eigenvalue weighted by Gasteiger charge is 2.43. The minimum Gasteiger partial charge on any atom is -0.394 e. The zero-order valence-corrected chi connectivity index (χ0v) is 11.6. The highest BCUT2D eigenvalue weighted by molar-refractivity contribution is 7.80. The number of nitrogens with one attached hydrogen (secondary N) is 2. The predicted molar refractivity (Wildman–Crippen MR) is 72.4 cm³/mol. The summed E-state index contributed by atoms with van der Waals surface area (Å²) >= 11 is 5.02. The Hall–Kier alpha value is -0.510. The number of unbranched alkanes of at least 4 members (excludes halogenated alkanes) is 1. The predicted octanol–water partition coefficient (Wildman–Crippen LogP) is -1.95. The zero-order chi connectivity index (χ0) is 14.4. The van der Waals surface area contributed by atoms with Crippen molar-refractivity contribution in [1.29, 1.82) is 0 Å². The number of hydrogen-bond acceptors (Lipinski definition) is 6. The van der Waals surface area contributed by atoms with Gasteiger partial charge in [-0.05, 0) is 18.6 Å². The van der Waals surface area contributed by atoms with E-state index in [1.54, 1.807) is 0 Å². The van der Waals surface area contributed by atoms with Gasteiger partial charge in [-0.15, -0.1) is 0 Å². The summed E-state index contributed by atoms with van der Waals surface area (Å²) in [5.41, 5.74) is 0. The lowest BCUT2D eigenvalue weighted by Crippen LogP contribution is -2.64. The Kier molecular flexibility index (Phi) is 6.90. The van der Waals surface area contributed by atoms with E-state index in [-0.39, 0.29) is 5.11 Å². The number of ether oxygens (including phenoxy) is 1. The van der Waals surface area contributed by atoms with Gasteiger partial charge in [-0.3, -0.25) is 0 Å². The largest absolute Gasteiger partial charge is 0.394 e. The van der Waals surface area contributed by atoms with E-state index in [0.29, 0.717) is 6.54 Å².